The Morgan fingerprint density at radius 1 is 1.14 bits per heavy atom. The Morgan fingerprint density at radius 3 is 2.43 bits per heavy atom. The van der Waals surface area contributed by atoms with Gasteiger partial charge in [0.15, 0.2) is 0 Å². The SMILES string of the molecule is FC(F)(F)CN1CCC(NCCSc2ccccc2)CC1. The van der Waals surface area contributed by atoms with E-state index in [0.29, 0.717) is 19.1 Å². The summed E-state index contributed by atoms with van der Waals surface area (Å²) in [6.45, 7) is 1.18. The minimum atomic E-state index is -4.08. The first kappa shape index (κ1) is 16.6. The Labute approximate surface area is 128 Å². The topological polar surface area (TPSA) is 15.3 Å². The van der Waals surface area contributed by atoms with E-state index in [-0.39, 0.29) is 0 Å². The maximum absolute atomic E-state index is 12.3. The van der Waals surface area contributed by atoms with Crippen molar-refractivity contribution in [2.45, 2.75) is 30.0 Å². The highest BCUT2D eigenvalue weighted by Crippen LogP contribution is 2.20. The molecule has 0 bridgehead atoms. The Morgan fingerprint density at radius 2 is 1.81 bits per heavy atom. The van der Waals surface area contributed by atoms with Crippen LogP contribution in [0.4, 0.5) is 13.2 Å². The second kappa shape index (κ2) is 8.06. The molecule has 0 saturated carbocycles. The summed E-state index contributed by atoms with van der Waals surface area (Å²) < 4.78 is 36.9. The number of hydrogen-bond acceptors (Lipinski definition) is 3. The van der Waals surface area contributed by atoms with Gasteiger partial charge in [0.1, 0.15) is 0 Å². The number of thioether (sulfide) groups is 1. The summed E-state index contributed by atoms with van der Waals surface area (Å²) in [5.74, 6) is 0.979. The molecule has 0 spiro atoms. The van der Waals surface area contributed by atoms with Crippen LogP contribution in [0.25, 0.3) is 0 Å². The molecule has 0 atom stereocenters. The number of nitrogens with zero attached hydrogens (tertiary/aromatic N) is 1. The largest absolute Gasteiger partial charge is 0.401 e. The first-order chi connectivity index (χ1) is 10.0. The molecule has 0 radical (unpaired) electrons. The Kier molecular flexibility index (Phi) is 6.39. The Bertz CT molecular complexity index is 403. The lowest BCUT2D eigenvalue weighted by molar-refractivity contribution is -0.148. The minimum absolute atomic E-state index is 0.353. The molecule has 1 aliphatic rings. The summed E-state index contributed by atoms with van der Waals surface area (Å²) in [4.78, 5) is 2.75. The molecule has 2 rings (SSSR count). The molecule has 118 valence electrons. The van der Waals surface area contributed by atoms with Crippen molar-refractivity contribution in [3.8, 4) is 0 Å². The second-order valence-corrected chi connectivity index (χ2v) is 6.45. The maximum Gasteiger partial charge on any atom is 0.401 e. The molecule has 1 N–H and O–H groups in total. The van der Waals surface area contributed by atoms with Gasteiger partial charge in [0.05, 0.1) is 6.54 Å². The summed E-state index contributed by atoms with van der Waals surface area (Å²) in [5, 5.41) is 3.45. The molecule has 1 aromatic carbocycles. The fourth-order valence-corrected chi connectivity index (χ4v) is 3.30. The van der Waals surface area contributed by atoms with Gasteiger partial charge in [-0.2, -0.15) is 13.2 Å². The Hall–Kier alpha value is -0.720. The summed E-state index contributed by atoms with van der Waals surface area (Å²) in [5.41, 5.74) is 0. The number of likely N-dealkylation sites (tertiary alicyclic amines) is 1. The molecule has 1 aliphatic heterocycles. The van der Waals surface area contributed by atoms with Gasteiger partial charge in [-0.3, -0.25) is 4.90 Å². The van der Waals surface area contributed by atoms with E-state index in [1.54, 1.807) is 11.8 Å². The van der Waals surface area contributed by atoms with Gasteiger partial charge in [-0.05, 0) is 38.1 Å². The second-order valence-electron chi connectivity index (χ2n) is 5.28. The third kappa shape index (κ3) is 6.72. The van der Waals surface area contributed by atoms with Crippen molar-refractivity contribution in [2.24, 2.45) is 0 Å². The summed E-state index contributed by atoms with van der Waals surface area (Å²) in [6.07, 6.45) is -2.48. The summed E-state index contributed by atoms with van der Waals surface area (Å²) in [7, 11) is 0. The van der Waals surface area contributed by atoms with Crippen LogP contribution in [0.1, 0.15) is 12.8 Å². The van der Waals surface area contributed by atoms with Crippen LogP contribution in [0.3, 0.4) is 0 Å². The van der Waals surface area contributed by atoms with E-state index in [1.807, 2.05) is 18.2 Å². The lowest BCUT2D eigenvalue weighted by Gasteiger charge is -2.32. The number of nitrogens with one attached hydrogen (secondary N) is 1. The van der Waals surface area contributed by atoms with Gasteiger partial charge in [-0.15, -0.1) is 11.8 Å². The molecule has 1 heterocycles. The van der Waals surface area contributed by atoms with Crippen molar-refractivity contribution in [3.05, 3.63) is 30.3 Å². The van der Waals surface area contributed by atoms with Crippen LogP contribution < -0.4 is 5.32 Å². The van der Waals surface area contributed by atoms with Crippen LogP contribution in [0, 0.1) is 0 Å². The lowest BCUT2D eigenvalue weighted by atomic mass is 10.1. The Balaban J connectivity index is 1.57. The van der Waals surface area contributed by atoms with Crippen molar-refractivity contribution in [1.29, 1.82) is 0 Å². The average Bonchev–Trinajstić information content (AvgIpc) is 2.45. The monoisotopic (exact) mass is 318 g/mol. The van der Waals surface area contributed by atoms with E-state index in [1.165, 1.54) is 9.80 Å². The molecule has 1 fully saturated rings. The van der Waals surface area contributed by atoms with E-state index in [9.17, 15) is 13.2 Å². The van der Waals surface area contributed by atoms with Gasteiger partial charge in [0, 0.05) is 23.2 Å². The highest BCUT2D eigenvalue weighted by atomic mass is 32.2. The normalized spacial score (nSPS) is 18.0. The van der Waals surface area contributed by atoms with E-state index in [2.05, 4.69) is 17.4 Å². The molecule has 0 amide bonds. The van der Waals surface area contributed by atoms with Crippen molar-refractivity contribution in [2.75, 3.05) is 31.9 Å². The molecule has 6 heteroatoms. The third-order valence-electron chi connectivity index (χ3n) is 3.54. The average molecular weight is 318 g/mol. The van der Waals surface area contributed by atoms with Gasteiger partial charge in [-0.1, -0.05) is 18.2 Å². The number of piperidine rings is 1. The molecule has 21 heavy (non-hydrogen) atoms. The zero-order chi connectivity index (χ0) is 15.1. The van der Waals surface area contributed by atoms with E-state index >= 15 is 0 Å². The molecule has 1 aromatic rings. The van der Waals surface area contributed by atoms with Crippen molar-refractivity contribution in [3.63, 3.8) is 0 Å². The fourth-order valence-electron chi connectivity index (χ4n) is 2.50. The molecule has 1 saturated heterocycles. The van der Waals surface area contributed by atoms with Crippen molar-refractivity contribution in [1.82, 2.24) is 10.2 Å². The molecular formula is C15H21F3N2S. The molecule has 0 aliphatic carbocycles. The number of halogens is 3. The third-order valence-corrected chi connectivity index (χ3v) is 4.55. The first-order valence-corrected chi connectivity index (χ1v) is 8.22. The molecule has 0 unspecified atom stereocenters. The number of rotatable bonds is 6. The quantitative estimate of drug-likeness (QED) is 0.639. The van der Waals surface area contributed by atoms with Crippen molar-refractivity contribution < 1.29 is 13.2 Å². The van der Waals surface area contributed by atoms with Crippen LogP contribution in [0.15, 0.2) is 35.2 Å². The predicted octanol–water partition coefficient (Wildman–Crippen LogP) is 3.40. The first-order valence-electron chi connectivity index (χ1n) is 7.23. The predicted molar refractivity (Wildman–Crippen MR) is 80.7 cm³/mol. The number of alkyl halides is 3. The van der Waals surface area contributed by atoms with Crippen molar-refractivity contribution >= 4 is 11.8 Å². The van der Waals surface area contributed by atoms with Gasteiger partial charge in [0.2, 0.25) is 0 Å². The number of benzene rings is 1. The van der Waals surface area contributed by atoms with E-state index in [4.69, 9.17) is 0 Å². The fraction of sp³-hybridized carbons (Fsp3) is 0.600. The lowest BCUT2D eigenvalue weighted by Crippen LogP contribution is -2.45. The molecule has 2 nitrogen and oxygen atoms in total. The van der Waals surface area contributed by atoms with E-state index < -0.39 is 12.7 Å². The van der Waals surface area contributed by atoms with Gasteiger partial charge in [0.25, 0.3) is 0 Å². The van der Waals surface area contributed by atoms with E-state index in [0.717, 1.165) is 25.1 Å². The number of hydrogen-bond donors (Lipinski definition) is 1. The highest BCUT2D eigenvalue weighted by molar-refractivity contribution is 7.99. The summed E-state index contributed by atoms with van der Waals surface area (Å²) in [6, 6.07) is 10.6. The highest BCUT2D eigenvalue weighted by Gasteiger charge is 2.32. The zero-order valence-electron chi connectivity index (χ0n) is 11.9. The van der Waals surface area contributed by atoms with Gasteiger partial charge in [-0.25, -0.2) is 0 Å². The summed E-state index contributed by atoms with van der Waals surface area (Å²) >= 11 is 1.80. The van der Waals surface area contributed by atoms with Gasteiger partial charge < -0.3 is 5.32 Å². The molecule has 0 aromatic heterocycles. The zero-order valence-corrected chi connectivity index (χ0v) is 12.7. The van der Waals surface area contributed by atoms with Crippen LogP contribution in [-0.2, 0) is 0 Å². The van der Waals surface area contributed by atoms with Crippen LogP contribution in [0.5, 0.6) is 0 Å². The molecular weight excluding hydrogens is 297 g/mol. The van der Waals surface area contributed by atoms with Crippen LogP contribution in [-0.4, -0.2) is 49.0 Å². The standard InChI is InChI=1S/C15H21F3N2S/c16-15(17,18)12-20-9-6-13(7-10-20)19-8-11-21-14-4-2-1-3-5-14/h1-5,13,19H,6-12H2. The van der Waals surface area contributed by atoms with Gasteiger partial charge >= 0.3 is 6.18 Å². The smallest absolute Gasteiger partial charge is 0.313 e. The van der Waals surface area contributed by atoms with Crippen LogP contribution in [0.2, 0.25) is 0 Å². The minimum Gasteiger partial charge on any atom is -0.313 e. The maximum atomic E-state index is 12.3. The van der Waals surface area contributed by atoms with Crippen LogP contribution >= 0.6 is 11.8 Å².